The summed E-state index contributed by atoms with van der Waals surface area (Å²) in [6.45, 7) is 11.7. The fraction of sp³-hybridized carbons (Fsp3) is 0.929. The van der Waals surface area contributed by atoms with Crippen molar-refractivity contribution in [3.63, 3.8) is 0 Å². The van der Waals surface area contributed by atoms with Gasteiger partial charge >= 0.3 is 81.1 Å². The van der Waals surface area contributed by atoms with Crippen molar-refractivity contribution in [3.05, 3.63) is 7.43 Å². The van der Waals surface area contributed by atoms with Gasteiger partial charge in [-0.25, -0.2) is 0 Å². The Morgan fingerprint density at radius 1 is 0.704 bits per heavy atom. The zero-order chi connectivity index (χ0) is 22.4. The van der Waals surface area contributed by atoms with Crippen LogP contribution in [0.2, 0.25) is 0 Å². The van der Waals surface area contributed by atoms with E-state index in [9.17, 15) is 39.5 Å². The topological polar surface area (TPSA) is 52.8 Å². The Morgan fingerprint density at radius 3 is 0.889 bits per heavy atom. The molecule has 0 unspecified atom stereocenters. The van der Waals surface area contributed by atoms with Crippen molar-refractivity contribution in [3.8, 4) is 0 Å². The molecule has 167 valence electrons. The molecule has 0 aromatic heterocycles. The number of hydrogen-bond donors (Lipinski definition) is 2. The van der Waals surface area contributed by atoms with Crippen LogP contribution in [0.5, 0.6) is 0 Å². The van der Waals surface area contributed by atoms with Gasteiger partial charge in [-0.15, -0.1) is 0 Å². The van der Waals surface area contributed by atoms with Crippen molar-refractivity contribution in [2.75, 3.05) is 0 Å². The minimum Gasteiger partial charge on any atom is -0.367 e. The standard InChI is InChI=1S/C5H11N.C4HF9O.C4H10O.CH3.Ta/c1-4-5(2,3)6;5-2(6,7)1(14,3(8,9)10)4(11,12)13;1-4(2,3)5;;/h4H2,1-3H3;14H;5H,1-3H3;1H3;/q;;;-1;. The molecule has 0 aromatic carbocycles. The molecule has 0 amide bonds. The molecule has 0 atom stereocenters. The Hall–Kier alpha value is -0.170. The minimum absolute atomic E-state index is 0. The molecule has 0 aliphatic carbocycles. The summed E-state index contributed by atoms with van der Waals surface area (Å²) in [6.07, 6.45) is -19.5. The number of nitrogens with zero attached hydrogens (tertiary/aromatic N) is 1. The summed E-state index contributed by atoms with van der Waals surface area (Å²) in [5.74, 6) is 0. The Kier molecular flexibility index (Phi) is 14.2. The molecule has 0 aromatic rings. The Bertz CT molecular complexity index is 382. The number of halogens is 9. The second-order valence-corrected chi connectivity index (χ2v) is 7.36. The van der Waals surface area contributed by atoms with Crippen LogP contribution in [-0.2, 0) is 20.9 Å². The molecular formula is C14H25F9NO2Ta-. The summed E-state index contributed by atoms with van der Waals surface area (Å²) in [4.78, 5) is 0. The van der Waals surface area contributed by atoms with Crippen LogP contribution in [0.15, 0.2) is 3.34 Å². The van der Waals surface area contributed by atoms with Crippen LogP contribution < -0.4 is 0 Å². The molecule has 0 radical (unpaired) electrons. The summed E-state index contributed by atoms with van der Waals surface area (Å²) < 4.78 is 107. The molecule has 0 spiro atoms. The average Bonchev–Trinajstić information content (AvgIpc) is 2.32. The predicted octanol–water partition coefficient (Wildman–Crippen LogP) is 5.54. The van der Waals surface area contributed by atoms with Gasteiger partial charge < -0.3 is 17.6 Å². The SMILES string of the molecule is CC(C)(C)O.CCC(C)(C)[N]=[Ta].OC(C(F)(F)F)(C(F)(F)F)C(F)(F)F.[CH3-]. The monoisotopic (exact) mass is 591 g/mol. The van der Waals surface area contributed by atoms with Gasteiger partial charge in [0.05, 0.1) is 5.60 Å². The first-order valence-corrected chi connectivity index (χ1v) is 8.32. The van der Waals surface area contributed by atoms with E-state index in [0.29, 0.717) is 0 Å². The molecule has 0 saturated heterocycles. The normalized spacial score (nSPS) is 13.3. The summed E-state index contributed by atoms with van der Waals surface area (Å²) in [7, 11) is 0. The molecule has 2 N–H and O–H groups in total. The second kappa shape index (κ2) is 11.1. The van der Waals surface area contributed by atoms with Gasteiger partial charge in [0.1, 0.15) is 0 Å². The van der Waals surface area contributed by atoms with Crippen molar-refractivity contribution in [2.24, 2.45) is 3.34 Å². The van der Waals surface area contributed by atoms with Crippen molar-refractivity contribution < 1.29 is 70.6 Å². The van der Waals surface area contributed by atoms with Gasteiger partial charge in [0.25, 0.3) is 0 Å². The summed E-state index contributed by atoms with van der Waals surface area (Å²) in [5.41, 5.74) is -6.93. The van der Waals surface area contributed by atoms with Crippen LogP contribution in [0.1, 0.15) is 48.0 Å². The van der Waals surface area contributed by atoms with Crippen molar-refractivity contribution in [2.45, 2.75) is 83.2 Å². The number of rotatable bonds is 2. The minimum atomic E-state index is -6.87. The van der Waals surface area contributed by atoms with Crippen molar-refractivity contribution in [1.82, 2.24) is 0 Å². The van der Waals surface area contributed by atoms with E-state index >= 15 is 0 Å². The van der Waals surface area contributed by atoms with Crippen LogP contribution in [-0.4, -0.2) is 45.5 Å². The van der Waals surface area contributed by atoms with Crippen LogP contribution >= 0.6 is 0 Å². The second-order valence-electron chi connectivity index (χ2n) is 6.64. The fourth-order valence-corrected chi connectivity index (χ4v) is 1.06. The molecule has 0 bridgehead atoms. The third-order valence-electron chi connectivity index (χ3n) is 2.37. The fourth-order valence-electron chi connectivity index (χ4n) is 0.553. The maximum Gasteiger partial charge on any atom is 0.435 e. The third kappa shape index (κ3) is 13.6. The first-order chi connectivity index (χ1) is 10.9. The van der Waals surface area contributed by atoms with Gasteiger partial charge in [-0.05, 0) is 20.8 Å². The van der Waals surface area contributed by atoms with Crippen LogP contribution in [0.4, 0.5) is 39.5 Å². The average molecular weight is 591 g/mol. The zero-order valence-corrected chi connectivity index (χ0v) is 19.1. The molecular weight excluding hydrogens is 566 g/mol. The first kappa shape index (κ1) is 34.3. The molecule has 0 saturated carbocycles. The molecule has 13 heteroatoms. The van der Waals surface area contributed by atoms with Gasteiger partial charge in [-0.2, -0.15) is 39.5 Å². The Labute approximate surface area is 165 Å². The summed E-state index contributed by atoms with van der Waals surface area (Å²) in [6, 6.07) is 0. The largest absolute Gasteiger partial charge is 0.435 e. The van der Waals surface area contributed by atoms with Gasteiger partial charge in [0.15, 0.2) is 0 Å². The molecule has 27 heavy (non-hydrogen) atoms. The number of aliphatic hydroxyl groups is 2. The maximum atomic E-state index is 11.4. The van der Waals surface area contributed by atoms with Crippen molar-refractivity contribution in [1.29, 1.82) is 0 Å². The van der Waals surface area contributed by atoms with Crippen LogP contribution in [0, 0.1) is 7.43 Å². The Balaban J connectivity index is -0.000000170. The molecule has 0 aliphatic rings. The first-order valence-electron chi connectivity index (χ1n) is 6.88. The van der Waals surface area contributed by atoms with E-state index in [1.54, 1.807) is 20.8 Å². The zero-order valence-electron chi connectivity index (χ0n) is 15.9. The third-order valence-corrected chi connectivity index (χ3v) is 4.31. The molecule has 0 fully saturated rings. The molecule has 0 aliphatic heterocycles. The van der Waals surface area contributed by atoms with E-state index < -0.39 is 29.7 Å². The van der Waals surface area contributed by atoms with E-state index in [0.717, 1.165) is 27.3 Å². The molecule has 3 nitrogen and oxygen atoms in total. The maximum absolute atomic E-state index is 11.4. The van der Waals surface area contributed by atoms with Crippen LogP contribution in [0.25, 0.3) is 0 Å². The van der Waals surface area contributed by atoms with E-state index in [4.69, 9.17) is 10.2 Å². The van der Waals surface area contributed by atoms with E-state index in [1.165, 1.54) is 0 Å². The molecule has 0 rings (SSSR count). The predicted molar refractivity (Wildman–Crippen MR) is 78.3 cm³/mol. The van der Waals surface area contributed by atoms with Crippen molar-refractivity contribution >= 4 is 0 Å². The summed E-state index contributed by atoms with van der Waals surface area (Å²) in [5, 5.41) is 16.2. The molecule has 0 heterocycles. The van der Waals surface area contributed by atoms with Gasteiger partial charge in [0.2, 0.25) is 0 Å². The number of alkyl halides is 9. The van der Waals surface area contributed by atoms with E-state index in [2.05, 4.69) is 24.1 Å². The smallest absolute Gasteiger partial charge is 0.367 e. The quantitative estimate of drug-likeness (QED) is 0.328. The van der Waals surface area contributed by atoms with Crippen LogP contribution in [0.3, 0.4) is 0 Å². The Morgan fingerprint density at radius 2 is 0.889 bits per heavy atom. The van der Waals surface area contributed by atoms with Gasteiger partial charge in [-0.3, -0.25) is 0 Å². The summed E-state index contributed by atoms with van der Waals surface area (Å²) >= 11 is 1.16. The van der Waals surface area contributed by atoms with Gasteiger partial charge in [0, 0.05) is 0 Å². The van der Waals surface area contributed by atoms with E-state index in [1.807, 2.05) is 0 Å². The van der Waals surface area contributed by atoms with E-state index in [-0.39, 0.29) is 13.0 Å². The van der Waals surface area contributed by atoms with Gasteiger partial charge in [-0.1, -0.05) is 0 Å². The number of hydrogen-bond acceptors (Lipinski definition) is 3.